The third kappa shape index (κ3) is 4.08. The second kappa shape index (κ2) is 8.34. The predicted octanol–water partition coefficient (Wildman–Crippen LogP) is 1.79. The average Bonchev–Trinajstić information content (AvgIpc) is 3.10. The van der Waals surface area contributed by atoms with Crippen molar-refractivity contribution in [3.8, 4) is 11.5 Å². The van der Waals surface area contributed by atoms with E-state index in [2.05, 4.69) is 24.8 Å². The first-order valence-electron chi connectivity index (χ1n) is 9.19. The first-order chi connectivity index (χ1) is 14.8. The number of pyridine rings is 1. The molecule has 3 heterocycles. The van der Waals surface area contributed by atoms with E-state index in [4.69, 9.17) is 11.5 Å². The highest BCUT2D eigenvalue weighted by molar-refractivity contribution is 7.90. The van der Waals surface area contributed by atoms with E-state index in [1.165, 1.54) is 10.4 Å². The molecule has 1 atom stereocenters. The van der Waals surface area contributed by atoms with Gasteiger partial charge in [0.2, 0.25) is 0 Å². The van der Waals surface area contributed by atoms with Crippen molar-refractivity contribution < 1.29 is 8.94 Å². The van der Waals surface area contributed by atoms with Gasteiger partial charge >= 0.3 is 0 Å². The summed E-state index contributed by atoms with van der Waals surface area (Å²) >= 11 is -1.56. The molecule has 0 aliphatic carbocycles. The monoisotopic (exact) mass is 441 g/mol. The predicted molar refractivity (Wildman–Crippen MR) is 118 cm³/mol. The number of rotatable bonds is 6. The second-order valence-corrected chi connectivity index (χ2v) is 8.26. The van der Waals surface area contributed by atoms with Gasteiger partial charge in [-0.3, -0.25) is 0 Å². The van der Waals surface area contributed by atoms with Crippen molar-refractivity contribution in [3.63, 3.8) is 0 Å². The molecule has 4 rings (SSSR count). The summed E-state index contributed by atoms with van der Waals surface area (Å²) < 4.78 is 31.9. The van der Waals surface area contributed by atoms with Gasteiger partial charge in [-0.15, -0.1) is 4.31 Å². The van der Waals surface area contributed by atoms with Gasteiger partial charge in [-0.1, -0.05) is 18.2 Å². The lowest BCUT2D eigenvalue weighted by Crippen LogP contribution is -2.30. The minimum atomic E-state index is -1.56. The van der Waals surface area contributed by atoms with Crippen LogP contribution in [0.4, 0.5) is 21.7 Å². The van der Waals surface area contributed by atoms with E-state index in [-0.39, 0.29) is 35.5 Å². The lowest BCUT2D eigenvalue weighted by Gasteiger charge is -2.17. The Bertz CT molecular complexity index is 1220. The summed E-state index contributed by atoms with van der Waals surface area (Å²) in [6.07, 6.45) is 1.62. The Kier molecular flexibility index (Phi) is 5.59. The molecule has 0 spiro atoms. The lowest BCUT2D eigenvalue weighted by molar-refractivity contribution is 0.526. The molecule has 12 heteroatoms. The topological polar surface area (TPSA) is 147 Å². The maximum Gasteiger partial charge on any atom is 0.184 e. The Labute approximate surface area is 180 Å². The van der Waals surface area contributed by atoms with Crippen LogP contribution in [0.3, 0.4) is 0 Å². The third-order valence-electron chi connectivity index (χ3n) is 4.48. The molecule has 0 fully saturated rings. The van der Waals surface area contributed by atoms with Crippen molar-refractivity contribution in [1.29, 1.82) is 0 Å². The molecule has 3 aromatic heterocycles. The highest BCUT2D eigenvalue weighted by Gasteiger charge is 2.22. The van der Waals surface area contributed by atoms with Crippen molar-refractivity contribution in [2.24, 2.45) is 0 Å². The van der Waals surface area contributed by atoms with E-state index in [9.17, 15) is 8.94 Å². The molecule has 0 amide bonds. The summed E-state index contributed by atoms with van der Waals surface area (Å²) in [5.41, 5.74) is 13.7. The molecular weight excluding hydrogens is 421 g/mol. The first-order valence-corrected chi connectivity index (χ1v) is 10.3. The van der Waals surface area contributed by atoms with Crippen molar-refractivity contribution in [2.75, 3.05) is 30.3 Å². The summed E-state index contributed by atoms with van der Waals surface area (Å²) in [7, 11) is 3.26. The number of hydrogen-bond acceptors (Lipinski definition) is 9. The maximum absolute atomic E-state index is 14.2. The number of nitrogen functional groups attached to an aromatic ring is 2. The molecule has 1 aromatic carbocycles. The maximum atomic E-state index is 14.2. The summed E-state index contributed by atoms with van der Waals surface area (Å²) in [4.78, 5) is 13.0. The fourth-order valence-corrected chi connectivity index (χ4v) is 3.52. The summed E-state index contributed by atoms with van der Waals surface area (Å²) in [6.45, 7) is 0.173. The number of nitrogens with two attached hydrogens (primary N) is 2. The quantitative estimate of drug-likeness (QED) is 0.381. The SMILES string of the molecule is CN(C)[S+]([O-])Nc1c(N)nc(-c2nn(Cc3ccccc3F)c3ncccc23)nc1N. The van der Waals surface area contributed by atoms with Crippen LogP contribution in [0.1, 0.15) is 5.56 Å². The standard InChI is InChI=1S/C19H20FN9OS/c1-28(2)31(30)27-15-16(21)24-18(25-17(15)22)14-12-7-5-9-23-19(12)29(26-14)10-11-6-3-4-8-13(11)20/h3-9,27H,10H2,1-2H3,(H4,21,22,24,25). The Morgan fingerprint density at radius 3 is 2.52 bits per heavy atom. The zero-order valence-electron chi connectivity index (χ0n) is 16.8. The highest BCUT2D eigenvalue weighted by Crippen LogP contribution is 2.30. The summed E-state index contributed by atoms with van der Waals surface area (Å²) in [5.74, 6) is -0.101. The highest BCUT2D eigenvalue weighted by atomic mass is 32.2. The second-order valence-electron chi connectivity index (χ2n) is 6.83. The van der Waals surface area contributed by atoms with Gasteiger partial charge < -0.3 is 16.0 Å². The molecule has 10 nitrogen and oxygen atoms in total. The number of nitrogens with zero attached hydrogens (tertiary/aromatic N) is 6. The zero-order valence-corrected chi connectivity index (χ0v) is 17.6. The Morgan fingerprint density at radius 1 is 1.13 bits per heavy atom. The van der Waals surface area contributed by atoms with E-state index >= 15 is 0 Å². The molecule has 0 bridgehead atoms. The van der Waals surface area contributed by atoms with E-state index in [1.807, 2.05) is 6.07 Å². The van der Waals surface area contributed by atoms with Gasteiger partial charge in [-0.2, -0.15) is 9.82 Å². The van der Waals surface area contributed by atoms with Crippen LogP contribution >= 0.6 is 0 Å². The van der Waals surface area contributed by atoms with Gasteiger partial charge in [0.1, 0.15) is 11.5 Å². The van der Waals surface area contributed by atoms with Gasteiger partial charge in [0, 0.05) is 25.9 Å². The molecule has 31 heavy (non-hydrogen) atoms. The summed E-state index contributed by atoms with van der Waals surface area (Å²) in [5, 5.41) is 5.22. The zero-order chi connectivity index (χ0) is 22.1. The van der Waals surface area contributed by atoms with Gasteiger partial charge in [0.25, 0.3) is 0 Å². The molecule has 0 saturated heterocycles. The molecule has 0 radical (unpaired) electrons. The number of aromatic nitrogens is 5. The van der Waals surface area contributed by atoms with Crippen molar-refractivity contribution in [2.45, 2.75) is 6.54 Å². The normalized spacial score (nSPS) is 12.4. The van der Waals surface area contributed by atoms with Crippen LogP contribution in [0.5, 0.6) is 0 Å². The fraction of sp³-hybridized carbons (Fsp3) is 0.158. The van der Waals surface area contributed by atoms with Crippen LogP contribution in [0.15, 0.2) is 42.6 Å². The minimum Gasteiger partial charge on any atom is -0.573 e. The molecule has 0 saturated carbocycles. The molecular formula is C19H20FN9OS. The van der Waals surface area contributed by atoms with Crippen LogP contribution in [0.2, 0.25) is 0 Å². The van der Waals surface area contributed by atoms with Crippen LogP contribution in [-0.4, -0.2) is 47.7 Å². The lowest BCUT2D eigenvalue weighted by atomic mass is 10.2. The van der Waals surface area contributed by atoms with E-state index < -0.39 is 11.5 Å². The number of anilines is 3. The van der Waals surface area contributed by atoms with Gasteiger partial charge in [-0.25, -0.2) is 24.0 Å². The first kappa shape index (κ1) is 20.8. The van der Waals surface area contributed by atoms with Crippen molar-refractivity contribution in [3.05, 3.63) is 54.0 Å². The molecule has 160 valence electrons. The van der Waals surface area contributed by atoms with Crippen LogP contribution in [0.25, 0.3) is 22.6 Å². The number of hydrogen-bond donors (Lipinski definition) is 3. The van der Waals surface area contributed by atoms with E-state index in [1.54, 1.807) is 49.2 Å². The van der Waals surface area contributed by atoms with Crippen LogP contribution in [0, 0.1) is 5.82 Å². The largest absolute Gasteiger partial charge is 0.573 e. The molecule has 5 N–H and O–H groups in total. The molecule has 0 aliphatic heterocycles. The van der Waals surface area contributed by atoms with Crippen molar-refractivity contribution in [1.82, 2.24) is 29.0 Å². The molecule has 4 aromatic rings. The van der Waals surface area contributed by atoms with Crippen LogP contribution in [-0.2, 0) is 18.1 Å². The van der Waals surface area contributed by atoms with E-state index in [0.717, 1.165) is 0 Å². The number of halogens is 1. The smallest absolute Gasteiger partial charge is 0.184 e. The van der Waals surface area contributed by atoms with Crippen LogP contribution < -0.4 is 16.2 Å². The fourth-order valence-electron chi connectivity index (χ4n) is 2.96. The van der Waals surface area contributed by atoms with Gasteiger partial charge in [0.05, 0.1) is 11.9 Å². The van der Waals surface area contributed by atoms with Crippen molar-refractivity contribution >= 4 is 39.9 Å². The Balaban J connectivity index is 1.77. The minimum absolute atomic E-state index is 0.0263. The van der Waals surface area contributed by atoms with E-state index in [0.29, 0.717) is 22.3 Å². The number of nitrogens with one attached hydrogen (secondary N) is 1. The number of benzene rings is 1. The Hall–Kier alpha value is -3.48. The molecule has 0 aliphatic rings. The Morgan fingerprint density at radius 2 is 1.84 bits per heavy atom. The average molecular weight is 441 g/mol. The summed E-state index contributed by atoms with van der Waals surface area (Å²) in [6, 6.07) is 10.0. The molecule has 1 unspecified atom stereocenters. The number of fused-ring (bicyclic) bond motifs is 1. The van der Waals surface area contributed by atoms with Gasteiger partial charge in [0.15, 0.2) is 40.3 Å². The third-order valence-corrected chi connectivity index (χ3v) is 5.52. The van der Waals surface area contributed by atoms with Gasteiger partial charge in [-0.05, 0) is 18.2 Å².